The molecule has 0 aliphatic carbocycles. The number of benzene rings is 3. The Morgan fingerprint density at radius 3 is 2.35 bits per heavy atom. The summed E-state index contributed by atoms with van der Waals surface area (Å²) in [4.78, 5) is 20.9. The van der Waals surface area contributed by atoms with Crippen LogP contribution in [0.3, 0.4) is 0 Å². The van der Waals surface area contributed by atoms with Gasteiger partial charge in [-0.25, -0.2) is 22.8 Å². The fraction of sp³-hybridized carbons (Fsp3) is 0.115. The summed E-state index contributed by atoms with van der Waals surface area (Å²) in [5.41, 5.74) is 2.79. The van der Waals surface area contributed by atoms with Crippen LogP contribution < -0.4 is 10.0 Å². The highest BCUT2D eigenvalue weighted by Crippen LogP contribution is 2.25. The Hall–Kier alpha value is -3.86. The first-order valence-corrected chi connectivity index (χ1v) is 13.3. The average Bonchev–Trinajstić information content (AvgIpc) is 2.86. The standard InChI is InChI=1S/C26H22ClFN4O4S/c1-37(34,35)32-25-24(27)29-14-23(31-25)19-9-12-22(28)21(13-19)26(33)30-20-10-7-18(8-11-20)16-36-15-17-5-3-2-4-6-17/h2-14H,15-16H2,1H3,(H,30,33)(H,31,32). The number of hydrogen-bond donors (Lipinski definition) is 2. The first-order valence-electron chi connectivity index (χ1n) is 11.0. The number of halogens is 2. The third-order valence-electron chi connectivity index (χ3n) is 5.11. The Morgan fingerprint density at radius 1 is 1.00 bits per heavy atom. The van der Waals surface area contributed by atoms with E-state index < -0.39 is 21.7 Å². The van der Waals surface area contributed by atoms with Crippen molar-refractivity contribution in [3.63, 3.8) is 0 Å². The molecule has 1 heterocycles. The number of ether oxygens (including phenoxy) is 1. The molecule has 8 nitrogen and oxygen atoms in total. The average molecular weight is 541 g/mol. The van der Waals surface area contributed by atoms with Crippen molar-refractivity contribution in [2.45, 2.75) is 13.2 Å². The number of sulfonamides is 1. The van der Waals surface area contributed by atoms with Crippen LogP contribution in [0.2, 0.25) is 5.15 Å². The highest BCUT2D eigenvalue weighted by atomic mass is 35.5. The highest BCUT2D eigenvalue weighted by Gasteiger charge is 2.16. The maximum Gasteiger partial charge on any atom is 0.258 e. The number of nitrogens with zero attached hydrogens (tertiary/aromatic N) is 2. The van der Waals surface area contributed by atoms with Gasteiger partial charge in [0.2, 0.25) is 10.0 Å². The van der Waals surface area contributed by atoms with Crippen LogP contribution in [0.5, 0.6) is 0 Å². The number of hydrogen-bond acceptors (Lipinski definition) is 6. The topological polar surface area (TPSA) is 110 Å². The Morgan fingerprint density at radius 2 is 1.68 bits per heavy atom. The van der Waals surface area contributed by atoms with E-state index in [1.54, 1.807) is 12.1 Å². The molecule has 37 heavy (non-hydrogen) atoms. The van der Waals surface area contributed by atoms with Crippen LogP contribution in [-0.2, 0) is 28.0 Å². The molecule has 190 valence electrons. The molecule has 3 aromatic carbocycles. The smallest absolute Gasteiger partial charge is 0.258 e. The van der Waals surface area contributed by atoms with Gasteiger partial charge in [-0.1, -0.05) is 54.1 Å². The number of amides is 1. The predicted molar refractivity (Wildman–Crippen MR) is 140 cm³/mol. The summed E-state index contributed by atoms with van der Waals surface area (Å²) in [7, 11) is -3.65. The van der Waals surface area contributed by atoms with E-state index in [-0.39, 0.29) is 22.2 Å². The molecule has 2 N–H and O–H groups in total. The molecule has 0 bridgehead atoms. The van der Waals surface area contributed by atoms with Gasteiger partial charge in [0.1, 0.15) is 5.82 Å². The van der Waals surface area contributed by atoms with Crippen LogP contribution in [0.4, 0.5) is 15.9 Å². The molecule has 4 rings (SSSR count). The monoisotopic (exact) mass is 540 g/mol. The van der Waals surface area contributed by atoms with Crippen molar-refractivity contribution in [2.75, 3.05) is 16.3 Å². The Bertz CT molecular complexity index is 1520. The van der Waals surface area contributed by atoms with Gasteiger partial charge in [0.25, 0.3) is 5.91 Å². The molecule has 0 spiro atoms. The molecule has 0 atom stereocenters. The van der Waals surface area contributed by atoms with Gasteiger partial charge < -0.3 is 10.1 Å². The van der Waals surface area contributed by atoms with Crippen LogP contribution in [0.15, 0.2) is 79.0 Å². The molecule has 0 radical (unpaired) electrons. The molecule has 0 unspecified atom stereocenters. The van der Waals surface area contributed by atoms with E-state index in [1.165, 1.54) is 18.3 Å². The van der Waals surface area contributed by atoms with Gasteiger partial charge in [-0.2, -0.15) is 0 Å². The summed E-state index contributed by atoms with van der Waals surface area (Å²) in [5.74, 6) is -1.57. The largest absolute Gasteiger partial charge is 0.372 e. The van der Waals surface area contributed by atoms with Crippen molar-refractivity contribution in [3.05, 3.63) is 107 Å². The molecule has 0 aliphatic heterocycles. The van der Waals surface area contributed by atoms with Crippen LogP contribution >= 0.6 is 11.6 Å². The number of aromatic nitrogens is 2. The van der Waals surface area contributed by atoms with Crippen molar-refractivity contribution < 1.29 is 22.3 Å². The Labute approximate surface area is 218 Å². The van der Waals surface area contributed by atoms with E-state index >= 15 is 0 Å². The maximum atomic E-state index is 14.5. The summed E-state index contributed by atoms with van der Waals surface area (Å²) in [6, 6.07) is 20.7. The van der Waals surface area contributed by atoms with Crippen molar-refractivity contribution in [1.82, 2.24) is 9.97 Å². The van der Waals surface area contributed by atoms with Gasteiger partial charge >= 0.3 is 0 Å². The molecular formula is C26H22ClFN4O4S. The number of rotatable bonds is 9. The number of nitrogens with one attached hydrogen (secondary N) is 2. The van der Waals surface area contributed by atoms with Crippen LogP contribution in [0.1, 0.15) is 21.5 Å². The minimum absolute atomic E-state index is 0.150. The molecule has 1 amide bonds. The normalized spacial score (nSPS) is 11.2. The zero-order valence-corrected chi connectivity index (χ0v) is 21.2. The fourth-order valence-electron chi connectivity index (χ4n) is 3.36. The lowest BCUT2D eigenvalue weighted by molar-refractivity contribution is 0.102. The van der Waals surface area contributed by atoms with E-state index in [4.69, 9.17) is 16.3 Å². The van der Waals surface area contributed by atoms with Crippen molar-refractivity contribution in [2.24, 2.45) is 0 Å². The number of anilines is 2. The van der Waals surface area contributed by atoms with E-state index in [0.717, 1.165) is 23.4 Å². The molecule has 0 aliphatic rings. The number of carbonyl (C=O) groups excluding carboxylic acids is 1. The summed E-state index contributed by atoms with van der Waals surface area (Å²) >= 11 is 5.92. The SMILES string of the molecule is CS(=O)(=O)Nc1nc(-c2ccc(F)c(C(=O)Nc3ccc(COCc4ccccc4)cc3)c2)cnc1Cl. The Kier molecular flexibility index (Phi) is 8.12. The lowest BCUT2D eigenvalue weighted by atomic mass is 10.1. The van der Waals surface area contributed by atoms with Crippen molar-refractivity contribution >= 4 is 39.0 Å². The molecule has 0 saturated carbocycles. The summed E-state index contributed by atoms with van der Waals surface area (Å²) in [6.07, 6.45) is 2.24. The van der Waals surface area contributed by atoms with Gasteiger partial charge in [0.15, 0.2) is 11.0 Å². The molecule has 0 saturated heterocycles. The third-order valence-corrected chi connectivity index (χ3v) is 5.95. The van der Waals surface area contributed by atoms with Crippen molar-refractivity contribution in [1.29, 1.82) is 0 Å². The van der Waals surface area contributed by atoms with Gasteiger partial charge in [-0.3, -0.25) is 9.52 Å². The molecule has 1 aromatic heterocycles. The summed E-state index contributed by atoms with van der Waals surface area (Å²) < 4.78 is 45.5. The van der Waals surface area contributed by atoms with Crippen LogP contribution in [-0.4, -0.2) is 30.5 Å². The first kappa shape index (κ1) is 26.2. The zero-order chi connectivity index (χ0) is 26.4. The summed E-state index contributed by atoms with van der Waals surface area (Å²) in [5, 5.41) is 2.52. The van der Waals surface area contributed by atoms with Gasteiger partial charge in [-0.05, 0) is 41.5 Å². The quantitative estimate of drug-likeness (QED) is 0.299. The minimum Gasteiger partial charge on any atom is -0.372 e. The van der Waals surface area contributed by atoms with E-state index in [0.29, 0.717) is 24.5 Å². The lowest BCUT2D eigenvalue weighted by Gasteiger charge is -2.10. The summed E-state index contributed by atoms with van der Waals surface area (Å²) in [6.45, 7) is 0.886. The van der Waals surface area contributed by atoms with E-state index in [9.17, 15) is 17.6 Å². The highest BCUT2D eigenvalue weighted by molar-refractivity contribution is 7.92. The zero-order valence-electron chi connectivity index (χ0n) is 19.6. The first-order chi connectivity index (χ1) is 17.7. The molecule has 0 fully saturated rings. The molecule has 11 heteroatoms. The third kappa shape index (κ3) is 7.32. The van der Waals surface area contributed by atoms with Gasteiger partial charge in [0.05, 0.1) is 36.9 Å². The lowest BCUT2D eigenvalue weighted by Crippen LogP contribution is -2.14. The fourth-order valence-corrected chi connectivity index (χ4v) is 4.04. The molecular weight excluding hydrogens is 519 g/mol. The van der Waals surface area contributed by atoms with Crippen LogP contribution in [0.25, 0.3) is 11.3 Å². The second-order valence-electron chi connectivity index (χ2n) is 8.09. The predicted octanol–water partition coefficient (Wildman–Crippen LogP) is 5.28. The van der Waals surface area contributed by atoms with E-state index in [2.05, 4.69) is 20.0 Å². The second kappa shape index (κ2) is 11.5. The van der Waals surface area contributed by atoms with Crippen molar-refractivity contribution in [3.8, 4) is 11.3 Å². The van der Waals surface area contributed by atoms with E-state index in [1.807, 2.05) is 42.5 Å². The number of carbonyl (C=O) groups is 1. The minimum atomic E-state index is -3.65. The van der Waals surface area contributed by atoms with Gasteiger partial charge in [-0.15, -0.1) is 0 Å². The van der Waals surface area contributed by atoms with Gasteiger partial charge in [0, 0.05) is 11.3 Å². The molecule has 4 aromatic rings. The second-order valence-corrected chi connectivity index (χ2v) is 10.2. The Balaban J connectivity index is 1.44. The van der Waals surface area contributed by atoms with Crippen LogP contribution in [0, 0.1) is 5.82 Å². The maximum absolute atomic E-state index is 14.5.